The highest BCUT2D eigenvalue weighted by Crippen LogP contribution is 2.26. The van der Waals surface area contributed by atoms with Gasteiger partial charge in [0.2, 0.25) is 0 Å². The molecular weight excluding hydrogens is 196 g/mol. The van der Waals surface area contributed by atoms with E-state index in [-0.39, 0.29) is 11.0 Å². The Labute approximate surface area is 88.9 Å². The maximum absolute atomic E-state index is 11.8. The molecule has 3 heteroatoms. The third-order valence-electron chi connectivity index (χ3n) is 2.90. The van der Waals surface area contributed by atoms with E-state index in [0.29, 0.717) is 12.3 Å². The average molecular weight is 216 g/mol. The van der Waals surface area contributed by atoms with E-state index in [2.05, 4.69) is 0 Å². The van der Waals surface area contributed by atoms with Crippen LogP contribution in [0.5, 0.6) is 0 Å². The molecule has 0 aromatic rings. The molecule has 2 atom stereocenters. The lowest BCUT2D eigenvalue weighted by atomic mass is 10.1. The predicted molar refractivity (Wildman–Crippen MR) is 59.7 cm³/mol. The molecule has 2 nitrogen and oxygen atoms in total. The number of rotatable bonds is 5. The summed E-state index contributed by atoms with van der Waals surface area (Å²) >= 11 is 0. The van der Waals surface area contributed by atoms with Gasteiger partial charge in [-0.1, -0.05) is 19.8 Å². The zero-order valence-corrected chi connectivity index (χ0v) is 9.94. The highest BCUT2D eigenvalue weighted by molar-refractivity contribution is 7.85. The Morgan fingerprint density at radius 1 is 1.43 bits per heavy atom. The van der Waals surface area contributed by atoms with Crippen LogP contribution in [0.4, 0.5) is 0 Å². The molecule has 0 aromatic carbocycles. The van der Waals surface area contributed by atoms with Crippen molar-refractivity contribution in [1.82, 2.24) is 0 Å². The zero-order chi connectivity index (χ0) is 10.6. The first-order valence-electron chi connectivity index (χ1n) is 5.46. The Balaban J connectivity index is 2.29. The third-order valence-corrected chi connectivity index (χ3v) is 4.76. The van der Waals surface area contributed by atoms with Crippen LogP contribution in [0.1, 0.15) is 46.0 Å². The van der Waals surface area contributed by atoms with Gasteiger partial charge in [0.15, 0.2) is 0 Å². The molecule has 14 heavy (non-hydrogen) atoms. The van der Waals surface area contributed by atoms with Gasteiger partial charge in [0.25, 0.3) is 0 Å². The third kappa shape index (κ3) is 3.91. The van der Waals surface area contributed by atoms with Crippen LogP contribution in [0.2, 0.25) is 0 Å². The molecule has 1 rings (SSSR count). The molecule has 0 bridgehead atoms. The Morgan fingerprint density at radius 3 is 2.50 bits per heavy atom. The quantitative estimate of drug-likeness (QED) is 0.706. The molecule has 0 heterocycles. The van der Waals surface area contributed by atoms with Gasteiger partial charge < -0.3 is 0 Å². The van der Waals surface area contributed by atoms with E-state index in [4.69, 9.17) is 0 Å². The fraction of sp³-hybridized carbons (Fsp3) is 0.909. The monoisotopic (exact) mass is 216 g/mol. The van der Waals surface area contributed by atoms with Crippen molar-refractivity contribution in [2.45, 2.75) is 51.2 Å². The molecule has 0 N–H and O–H groups in total. The first kappa shape index (κ1) is 11.9. The second-order valence-corrected chi connectivity index (χ2v) is 6.31. The Kier molecular flexibility index (Phi) is 4.79. The van der Waals surface area contributed by atoms with E-state index < -0.39 is 10.8 Å². The summed E-state index contributed by atoms with van der Waals surface area (Å²) in [4.78, 5) is 10.9. The lowest BCUT2D eigenvalue weighted by molar-refractivity contribution is -0.116. The van der Waals surface area contributed by atoms with Gasteiger partial charge in [-0.3, -0.25) is 9.00 Å². The van der Waals surface area contributed by atoms with Gasteiger partial charge in [-0.25, -0.2) is 0 Å². The van der Waals surface area contributed by atoms with E-state index in [0.717, 1.165) is 5.75 Å². The number of hydrogen-bond acceptors (Lipinski definition) is 2. The Hall–Kier alpha value is -0.180. The highest BCUT2D eigenvalue weighted by atomic mass is 32.2. The van der Waals surface area contributed by atoms with Crippen LogP contribution in [0.3, 0.4) is 0 Å². The van der Waals surface area contributed by atoms with E-state index in [1.807, 2.05) is 6.92 Å². The Bertz CT molecular complexity index is 219. The molecule has 0 radical (unpaired) electrons. The summed E-state index contributed by atoms with van der Waals surface area (Å²) in [5.74, 6) is 1.62. The highest BCUT2D eigenvalue weighted by Gasteiger charge is 2.21. The number of ketones is 1. The number of hydrogen-bond donors (Lipinski definition) is 0. The minimum absolute atomic E-state index is 0.0492. The summed E-state index contributed by atoms with van der Waals surface area (Å²) in [7, 11) is -0.796. The lowest BCUT2D eigenvalue weighted by Crippen LogP contribution is -2.20. The van der Waals surface area contributed by atoms with E-state index in [9.17, 15) is 9.00 Å². The van der Waals surface area contributed by atoms with Crippen LogP contribution in [0.15, 0.2) is 0 Å². The number of carbonyl (C=O) groups excluding carboxylic acids is 1. The number of carbonyl (C=O) groups is 1. The minimum Gasteiger partial charge on any atom is -0.300 e. The molecule has 1 aliphatic rings. The van der Waals surface area contributed by atoms with Crippen molar-refractivity contribution in [1.29, 1.82) is 0 Å². The fourth-order valence-electron chi connectivity index (χ4n) is 2.07. The number of Topliss-reactive ketones (excluding diaryl/α,β-unsaturated/α-hetero) is 1. The summed E-state index contributed by atoms with van der Waals surface area (Å²) in [6.45, 7) is 3.50. The van der Waals surface area contributed by atoms with Crippen molar-refractivity contribution >= 4 is 16.6 Å². The van der Waals surface area contributed by atoms with Crippen LogP contribution in [0.25, 0.3) is 0 Å². The summed E-state index contributed by atoms with van der Waals surface area (Å²) in [6.07, 6.45) is 5.53. The molecule has 82 valence electrons. The SMILES string of the molecule is CC(=O)CC(C)S(=O)CC1CCCC1. The van der Waals surface area contributed by atoms with Crippen molar-refractivity contribution in [2.24, 2.45) is 5.92 Å². The summed E-state index contributed by atoms with van der Waals surface area (Å²) in [5, 5.41) is 0.0492. The second kappa shape index (κ2) is 5.64. The van der Waals surface area contributed by atoms with Crippen LogP contribution in [-0.4, -0.2) is 21.0 Å². The molecule has 2 unspecified atom stereocenters. The molecule has 0 aliphatic heterocycles. The van der Waals surface area contributed by atoms with Gasteiger partial charge in [-0.05, 0) is 25.7 Å². The molecule has 1 saturated carbocycles. The largest absolute Gasteiger partial charge is 0.300 e. The van der Waals surface area contributed by atoms with E-state index in [1.165, 1.54) is 25.7 Å². The summed E-state index contributed by atoms with van der Waals surface area (Å²) in [5.41, 5.74) is 0. The average Bonchev–Trinajstić information content (AvgIpc) is 2.55. The van der Waals surface area contributed by atoms with E-state index in [1.54, 1.807) is 6.92 Å². The lowest BCUT2D eigenvalue weighted by Gasteiger charge is -2.13. The smallest absolute Gasteiger partial charge is 0.131 e. The molecule has 0 spiro atoms. The molecule has 0 saturated heterocycles. The van der Waals surface area contributed by atoms with Crippen molar-refractivity contribution in [3.8, 4) is 0 Å². The second-order valence-electron chi connectivity index (χ2n) is 4.41. The van der Waals surface area contributed by atoms with Crippen LogP contribution in [0, 0.1) is 5.92 Å². The molecule has 1 aliphatic carbocycles. The van der Waals surface area contributed by atoms with Gasteiger partial charge in [-0.15, -0.1) is 0 Å². The van der Waals surface area contributed by atoms with E-state index >= 15 is 0 Å². The van der Waals surface area contributed by atoms with Crippen molar-refractivity contribution < 1.29 is 9.00 Å². The standard InChI is InChI=1S/C11H20O2S/c1-9(12)7-10(2)14(13)8-11-5-3-4-6-11/h10-11H,3-8H2,1-2H3. The van der Waals surface area contributed by atoms with Crippen molar-refractivity contribution in [3.63, 3.8) is 0 Å². The van der Waals surface area contributed by atoms with Gasteiger partial charge >= 0.3 is 0 Å². The maximum atomic E-state index is 11.8. The first-order valence-corrected chi connectivity index (χ1v) is 6.84. The topological polar surface area (TPSA) is 34.1 Å². The maximum Gasteiger partial charge on any atom is 0.131 e. The van der Waals surface area contributed by atoms with Gasteiger partial charge in [0, 0.05) is 28.2 Å². The van der Waals surface area contributed by atoms with Gasteiger partial charge in [0.1, 0.15) is 5.78 Å². The van der Waals surface area contributed by atoms with Crippen LogP contribution < -0.4 is 0 Å². The van der Waals surface area contributed by atoms with Gasteiger partial charge in [0.05, 0.1) is 0 Å². The Morgan fingerprint density at radius 2 is 2.00 bits per heavy atom. The van der Waals surface area contributed by atoms with Crippen LogP contribution in [-0.2, 0) is 15.6 Å². The molecule has 0 amide bonds. The zero-order valence-electron chi connectivity index (χ0n) is 9.12. The van der Waals surface area contributed by atoms with Crippen molar-refractivity contribution in [2.75, 3.05) is 5.75 Å². The summed E-state index contributed by atoms with van der Waals surface area (Å²) in [6, 6.07) is 0. The van der Waals surface area contributed by atoms with Crippen molar-refractivity contribution in [3.05, 3.63) is 0 Å². The normalized spacial score (nSPS) is 22.1. The predicted octanol–water partition coefficient (Wildman–Crippen LogP) is 2.29. The fourth-order valence-corrected chi connectivity index (χ4v) is 3.62. The molecule has 1 fully saturated rings. The van der Waals surface area contributed by atoms with Gasteiger partial charge in [-0.2, -0.15) is 0 Å². The first-order chi connectivity index (χ1) is 6.59. The minimum atomic E-state index is -0.796. The van der Waals surface area contributed by atoms with Crippen LogP contribution >= 0.6 is 0 Å². The molecule has 0 aromatic heterocycles. The summed E-state index contributed by atoms with van der Waals surface area (Å²) < 4.78 is 11.8. The molecular formula is C11H20O2S.